The van der Waals surface area contributed by atoms with Crippen LogP contribution in [0.5, 0.6) is 0 Å². The number of guanidine groups is 1. The zero-order chi connectivity index (χ0) is 15.9. The molecule has 0 aliphatic carbocycles. The summed E-state index contributed by atoms with van der Waals surface area (Å²) in [5.74, 6) is 2.22. The van der Waals surface area contributed by atoms with E-state index in [9.17, 15) is 0 Å². The number of aromatic nitrogens is 1. The lowest BCUT2D eigenvalue weighted by atomic mass is 10.2. The second-order valence-electron chi connectivity index (χ2n) is 4.93. The lowest BCUT2D eigenvalue weighted by Crippen LogP contribution is -2.36. The van der Waals surface area contributed by atoms with Gasteiger partial charge in [0.15, 0.2) is 5.96 Å². The van der Waals surface area contributed by atoms with Gasteiger partial charge in [0.2, 0.25) is 5.89 Å². The predicted molar refractivity (Wildman–Crippen MR) is 104 cm³/mol. The third kappa shape index (κ3) is 6.39. The highest BCUT2D eigenvalue weighted by Crippen LogP contribution is 2.11. The molecular weight excluding hydrogens is 427 g/mol. The van der Waals surface area contributed by atoms with Crippen molar-refractivity contribution in [3.63, 3.8) is 0 Å². The predicted octanol–water partition coefficient (Wildman–Crippen LogP) is 3.82. The minimum absolute atomic E-state index is 0. The van der Waals surface area contributed by atoms with E-state index in [2.05, 4.69) is 20.6 Å². The van der Waals surface area contributed by atoms with Crippen molar-refractivity contribution in [3.8, 4) is 0 Å². The fraction of sp³-hybridized carbons (Fsp3) is 0.375. The molecule has 5 nitrogen and oxygen atoms in total. The van der Waals surface area contributed by atoms with Crippen LogP contribution in [0.2, 0.25) is 5.02 Å². The summed E-state index contributed by atoms with van der Waals surface area (Å²) >= 11 is 5.98. The minimum atomic E-state index is 0. The Kier molecular flexibility index (Phi) is 8.40. The molecule has 0 atom stereocenters. The molecule has 2 aromatic rings. The number of nitrogens with zero attached hydrogens (tertiary/aromatic N) is 2. The molecule has 1 heterocycles. The van der Waals surface area contributed by atoms with Gasteiger partial charge >= 0.3 is 0 Å². The zero-order valence-corrected chi connectivity index (χ0v) is 16.6. The van der Waals surface area contributed by atoms with Crippen LogP contribution in [0.3, 0.4) is 0 Å². The summed E-state index contributed by atoms with van der Waals surface area (Å²) in [7, 11) is 0. The summed E-state index contributed by atoms with van der Waals surface area (Å²) in [4.78, 5) is 8.88. The lowest BCUT2D eigenvalue weighted by molar-refractivity contribution is 0.463. The molecule has 0 fully saturated rings. The third-order valence-electron chi connectivity index (χ3n) is 3.13. The first-order valence-corrected chi connectivity index (χ1v) is 7.65. The molecule has 1 aromatic heterocycles. The first-order valence-electron chi connectivity index (χ1n) is 7.28. The maximum atomic E-state index is 5.98. The van der Waals surface area contributed by atoms with Crippen LogP contribution >= 0.6 is 35.6 Å². The second kappa shape index (κ2) is 9.77. The fourth-order valence-corrected chi connectivity index (χ4v) is 2.13. The van der Waals surface area contributed by atoms with Crippen molar-refractivity contribution < 1.29 is 4.42 Å². The number of halogens is 2. The molecule has 7 heteroatoms. The molecule has 0 aliphatic rings. The Hall–Kier alpha value is -1.28. The van der Waals surface area contributed by atoms with Crippen LogP contribution in [0, 0.1) is 13.8 Å². The Bertz CT molecular complexity index is 638. The molecule has 0 unspecified atom stereocenters. The summed E-state index contributed by atoms with van der Waals surface area (Å²) in [5.41, 5.74) is 1.98. The number of aliphatic imine (C=N–C) groups is 1. The number of hydrogen-bond donors (Lipinski definition) is 2. The molecule has 2 N–H and O–H groups in total. The molecule has 0 amide bonds. The number of nitrogens with one attached hydrogen (secondary N) is 2. The summed E-state index contributed by atoms with van der Waals surface area (Å²) in [5, 5.41) is 7.13. The second-order valence-corrected chi connectivity index (χ2v) is 5.36. The van der Waals surface area contributed by atoms with Crippen LogP contribution in [-0.2, 0) is 13.1 Å². The molecule has 0 aliphatic heterocycles. The molecule has 126 valence electrons. The largest absolute Gasteiger partial charge is 0.444 e. The number of oxazole rings is 1. The average Bonchev–Trinajstić information content (AvgIpc) is 2.81. The van der Waals surface area contributed by atoms with Crippen molar-refractivity contribution in [2.45, 2.75) is 33.9 Å². The van der Waals surface area contributed by atoms with Crippen LogP contribution in [-0.4, -0.2) is 17.5 Å². The van der Waals surface area contributed by atoms with E-state index in [1.165, 1.54) is 0 Å². The lowest BCUT2D eigenvalue weighted by Gasteiger charge is -2.09. The Morgan fingerprint density at radius 3 is 2.70 bits per heavy atom. The molecule has 0 saturated heterocycles. The smallest absolute Gasteiger partial charge is 0.214 e. The Morgan fingerprint density at radius 1 is 1.30 bits per heavy atom. The molecule has 0 bridgehead atoms. The molecular formula is C16H22ClIN4O. The van der Waals surface area contributed by atoms with E-state index in [0.717, 1.165) is 34.5 Å². The summed E-state index contributed by atoms with van der Waals surface area (Å²) < 4.78 is 5.55. The van der Waals surface area contributed by atoms with Crippen molar-refractivity contribution in [1.82, 2.24) is 15.6 Å². The summed E-state index contributed by atoms with van der Waals surface area (Å²) in [6.45, 7) is 7.70. The normalized spacial score (nSPS) is 11.0. The Morgan fingerprint density at radius 2 is 2.09 bits per heavy atom. The van der Waals surface area contributed by atoms with Gasteiger partial charge in [-0.15, -0.1) is 24.0 Å². The fourth-order valence-electron chi connectivity index (χ4n) is 1.92. The van der Waals surface area contributed by atoms with Gasteiger partial charge in [-0.25, -0.2) is 9.98 Å². The SMILES string of the molecule is CCNC(=NCc1cccc(Cl)c1)NCc1nc(C)c(C)o1.I. The van der Waals surface area contributed by atoms with Gasteiger partial charge in [0, 0.05) is 11.6 Å². The Labute approximate surface area is 158 Å². The van der Waals surface area contributed by atoms with E-state index in [4.69, 9.17) is 16.0 Å². The highest BCUT2D eigenvalue weighted by molar-refractivity contribution is 14.0. The maximum absolute atomic E-state index is 5.98. The third-order valence-corrected chi connectivity index (χ3v) is 3.37. The van der Waals surface area contributed by atoms with Crippen LogP contribution in [0.1, 0.15) is 29.8 Å². The first-order chi connectivity index (χ1) is 10.6. The van der Waals surface area contributed by atoms with E-state index < -0.39 is 0 Å². The minimum Gasteiger partial charge on any atom is -0.444 e. The van der Waals surface area contributed by atoms with Crippen LogP contribution in [0.4, 0.5) is 0 Å². The Balaban J connectivity index is 0.00000264. The van der Waals surface area contributed by atoms with Crippen molar-refractivity contribution in [2.75, 3.05) is 6.54 Å². The molecule has 23 heavy (non-hydrogen) atoms. The average molecular weight is 449 g/mol. The van der Waals surface area contributed by atoms with E-state index in [-0.39, 0.29) is 24.0 Å². The first kappa shape index (κ1) is 19.8. The molecule has 2 rings (SSSR count). The van der Waals surface area contributed by atoms with Gasteiger partial charge < -0.3 is 15.1 Å². The van der Waals surface area contributed by atoms with E-state index in [0.29, 0.717) is 19.0 Å². The van der Waals surface area contributed by atoms with Crippen LogP contribution < -0.4 is 10.6 Å². The van der Waals surface area contributed by atoms with Crippen molar-refractivity contribution in [3.05, 3.63) is 52.2 Å². The van der Waals surface area contributed by atoms with Crippen LogP contribution in [0.25, 0.3) is 0 Å². The van der Waals surface area contributed by atoms with Gasteiger partial charge in [-0.05, 0) is 38.5 Å². The maximum Gasteiger partial charge on any atom is 0.214 e. The van der Waals surface area contributed by atoms with E-state index in [1.54, 1.807) is 0 Å². The number of rotatable bonds is 5. The monoisotopic (exact) mass is 448 g/mol. The van der Waals surface area contributed by atoms with E-state index >= 15 is 0 Å². The molecule has 0 saturated carbocycles. The summed E-state index contributed by atoms with van der Waals surface area (Å²) in [6.07, 6.45) is 0. The van der Waals surface area contributed by atoms with Gasteiger partial charge in [-0.1, -0.05) is 23.7 Å². The quantitative estimate of drug-likeness (QED) is 0.415. The highest BCUT2D eigenvalue weighted by Gasteiger charge is 2.06. The molecule has 0 radical (unpaired) electrons. The molecule has 0 spiro atoms. The van der Waals surface area contributed by atoms with E-state index in [1.807, 2.05) is 45.0 Å². The zero-order valence-electron chi connectivity index (χ0n) is 13.5. The van der Waals surface area contributed by atoms with Crippen LogP contribution in [0.15, 0.2) is 33.7 Å². The van der Waals surface area contributed by atoms with Crippen molar-refractivity contribution in [2.24, 2.45) is 4.99 Å². The number of benzene rings is 1. The van der Waals surface area contributed by atoms with Gasteiger partial charge in [0.05, 0.1) is 18.8 Å². The van der Waals surface area contributed by atoms with Gasteiger partial charge in [0.25, 0.3) is 0 Å². The topological polar surface area (TPSA) is 62.5 Å². The molecule has 1 aromatic carbocycles. The van der Waals surface area contributed by atoms with Crippen molar-refractivity contribution >= 4 is 41.5 Å². The number of hydrogen-bond acceptors (Lipinski definition) is 3. The van der Waals surface area contributed by atoms with Gasteiger partial charge in [-0.2, -0.15) is 0 Å². The van der Waals surface area contributed by atoms with Gasteiger partial charge in [-0.3, -0.25) is 0 Å². The summed E-state index contributed by atoms with van der Waals surface area (Å²) in [6, 6.07) is 7.69. The highest BCUT2D eigenvalue weighted by atomic mass is 127. The standard InChI is InChI=1S/C16H21ClN4O.HI/c1-4-18-16(19-9-13-6-5-7-14(17)8-13)20-10-15-21-11(2)12(3)22-15;/h5-8H,4,9-10H2,1-3H3,(H2,18,19,20);1H. The van der Waals surface area contributed by atoms with Gasteiger partial charge in [0.1, 0.15) is 5.76 Å². The van der Waals surface area contributed by atoms with Crippen molar-refractivity contribution in [1.29, 1.82) is 0 Å². The number of aryl methyl sites for hydroxylation is 2.